The molecule has 0 bridgehead atoms. The van der Waals surface area contributed by atoms with E-state index in [0.717, 1.165) is 12.2 Å². The van der Waals surface area contributed by atoms with Crippen molar-refractivity contribution < 1.29 is 9.18 Å². The number of nitrogen functional groups attached to an aromatic ring is 1. The van der Waals surface area contributed by atoms with Crippen LogP contribution in [0, 0.1) is 5.82 Å². The van der Waals surface area contributed by atoms with E-state index >= 15 is 0 Å². The maximum absolute atomic E-state index is 13.1. The van der Waals surface area contributed by atoms with Gasteiger partial charge in [-0.2, -0.15) is 11.8 Å². The first-order chi connectivity index (χ1) is 7.66. The molecule has 0 aliphatic carbocycles. The van der Waals surface area contributed by atoms with Gasteiger partial charge in [0.05, 0.1) is 11.3 Å². The molecule has 3 nitrogen and oxygen atoms in total. The summed E-state index contributed by atoms with van der Waals surface area (Å²) in [4.78, 5) is 11.6. The number of halogens is 1. The summed E-state index contributed by atoms with van der Waals surface area (Å²) in [5, 5.41) is 2.70. The molecule has 88 valence electrons. The van der Waals surface area contributed by atoms with Crippen LogP contribution in [0.5, 0.6) is 0 Å². The molecule has 0 heterocycles. The van der Waals surface area contributed by atoms with Gasteiger partial charge in [-0.15, -0.1) is 0 Å². The zero-order valence-corrected chi connectivity index (χ0v) is 9.94. The second kappa shape index (κ2) is 6.37. The van der Waals surface area contributed by atoms with E-state index in [1.807, 2.05) is 6.26 Å². The van der Waals surface area contributed by atoms with Crippen LogP contribution in [0.25, 0.3) is 0 Å². The van der Waals surface area contributed by atoms with Crippen LogP contribution in [0.2, 0.25) is 0 Å². The lowest BCUT2D eigenvalue weighted by molar-refractivity contribution is 0.0954. The Morgan fingerprint density at radius 1 is 1.56 bits per heavy atom. The van der Waals surface area contributed by atoms with Crippen LogP contribution >= 0.6 is 11.8 Å². The van der Waals surface area contributed by atoms with Gasteiger partial charge in [0, 0.05) is 6.54 Å². The Morgan fingerprint density at radius 3 is 3.00 bits per heavy atom. The van der Waals surface area contributed by atoms with Crippen LogP contribution in [0.1, 0.15) is 16.8 Å². The molecule has 0 aliphatic rings. The molecule has 5 heteroatoms. The molecule has 1 rings (SSSR count). The van der Waals surface area contributed by atoms with Crippen molar-refractivity contribution in [1.82, 2.24) is 5.32 Å². The van der Waals surface area contributed by atoms with E-state index in [-0.39, 0.29) is 17.2 Å². The standard InChI is InChI=1S/C11H15FN2OS/c1-16-7-3-6-14-11(15)8-4-2-5-9(12)10(8)13/h2,4-5H,3,6-7,13H2,1H3,(H,14,15). The third-order valence-corrected chi connectivity index (χ3v) is 2.81. The lowest BCUT2D eigenvalue weighted by Gasteiger charge is -2.07. The van der Waals surface area contributed by atoms with Crippen molar-refractivity contribution in [2.75, 3.05) is 24.3 Å². The number of carbonyl (C=O) groups is 1. The van der Waals surface area contributed by atoms with Gasteiger partial charge in [0.25, 0.3) is 5.91 Å². The average Bonchev–Trinajstić information content (AvgIpc) is 2.28. The summed E-state index contributed by atoms with van der Waals surface area (Å²) in [7, 11) is 0. The highest BCUT2D eigenvalue weighted by Crippen LogP contribution is 2.15. The van der Waals surface area contributed by atoms with Gasteiger partial charge in [-0.3, -0.25) is 4.79 Å². The molecule has 0 atom stereocenters. The van der Waals surface area contributed by atoms with Gasteiger partial charge in [0.15, 0.2) is 0 Å². The molecule has 16 heavy (non-hydrogen) atoms. The fraction of sp³-hybridized carbons (Fsp3) is 0.364. The van der Waals surface area contributed by atoms with E-state index in [9.17, 15) is 9.18 Å². The van der Waals surface area contributed by atoms with Crippen molar-refractivity contribution in [2.45, 2.75) is 6.42 Å². The monoisotopic (exact) mass is 242 g/mol. The Labute approximate surface area is 98.6 Å². The smallest absolute Gasteiger partial charge is 0.253 e. The van der Waals surface area contributed by atoms with Crippen molar-refractivity contribution in [2.24, 2.45) is 0 Å². The molecule has 1 aromatic rings. The first kappa shape index (κ1) is 12.8. The van der Waals surface area contributed by atoms with Crippen molar-refractivity contribution in [3.63, 3.8) is 0 Å². The molecular weight excluding hydrogens is 227 g/mol. The third kappa shape index (κ3) is 3.41. The molecule has 0 aromatic heterocycles. The molecule has 0 unspecified atom stereocenters. The summed E-state index contributed by atoms with van der Waals surface area (Å²) in [5.41, 5.74) is 5.58. The predicted octanol–water partition coefficient (Wildman–Crippen LogP) is 1.89. The number of nitrogens with two attached hydrogens (primary N) is 1. The number of nitrogens with one attached hydrogen (secondary N) is 1. The Kier molecular flexibility index (Phi) is 5.11. The van der Waals surface area contributed by atoms with Gasteiger partial charge in [-0.25, -0.2) is 4.39 Å². The molecule has 1 aromatic carbocycles. The fourth-order valence-corrected chi connectivity index (χ4v) is 1.68. The Morgan fingerprint density at radius 2 is 2.31 bits per heavy atom. The summed E-state index contributed by atoms with van der Waals surface area (Å²) >= 11 is 1.72. The first-order valence-electron chi connectivity index (χ1n) is 4.98. The van der Waals surface area contributed by atoms with Crippen LogP contribution in [0.4, 0.5) is 10.1 Å². The van der Waals surface area contributed by atoms with Crippen molar-refractivity contribution >= 4 is 23.4 Å². The molecular formula is C11H15FN2OS. The average molecular weight is 242 g/mol. The molecule has 0 spiro atoms. The number of anilines is 1. The van der Waals surface area contributed by atoms with E-state index in [0.29, 0.717) is 6.54 Å². The molecule has 1 amide bonds. The highest BCUT2D eigenvalue weighted by molar-refractivity contribution is 7.98. The van der Waals surface area contributed by atoms with Gasteiger partial charge in [-0.1, -0.05) is 6.07 Å². The number of rotatable bonds is 5. The number of hydrogen-bond donors (Lipinski definition) is 2. The second-order valence-electron chi connectivity index (χ2n) is 3.30. The number of hydrogen-bond acceptors (Lipinski definition) is 3. The van der Waals surface area contributed by atoms with E-state index in [1.165, 1.54) is 18.2 Å². The minimum Gasteiger partial charge on any atom is -0.396 e. The number of benzene rings is 1. The minimum absolute atomic E-state index is 0.0927. The number of para-hydroxylation sites is 1. The van der Waals surface area contributed by atoms with Gasteiger partial charge in [0.1, 0.15) is 5.82 Å². The van der Waals surface area contributed by atoms with E-state index < -0.39 is 5.82 Å². The lowest BCUT2D eigenvalue weighted by atomic mass is 10.1. The Bertz CT molecular complexity index is 371. The van der Waals surface area contributed by atoms with E-state index in [4.69, 9.17) is 5.73 Å². The highest BCUT2D eigenvalue weighted by atomic mass is 32.2. The maximum Gasteiger partial charge on any atom is 0.253 e. The van der Waals surface area contributed by atoms with Crippen molar-refractivity contribution in [3.05, 3.63) is 29.6 Å². The topological polar surface area (TPSA) is 55.1 Å². The van der Waals surface area contributed by atoms with Gasteiger partial charge in [-0.05, 0) is 30.6 Å². The highest BCUT2D eigenvalue weighted by Gasteiger charge is 2.11. The van der Waals surface area contributed by atoms with Crippen LogP contribution in [-0.4, -0.2) is 24.5 Å². The number of thioether (sulfide) groups is 1. The Hall–Kier alpha value is -1.23. The van der Waals surface area contributed by atoms with Crippen LogP contribution in [0.3, 0.4) is 0 Å². The first-order valence-corrected chi connectivity index (χ1v) is 6.37. The largest absolute Gasteiger partial charge is 0.396 e. The Balaban J connectivity index is 2.56. The molecule has 0 fully saturated rings. The van der Waals surface area contributed by atoms with Gasteiger partial charge in [0.2, 0.25) is 0 Å². The van der Waals surface area contributed by atoms with Crippen LogP contribution < -0.4 is 11.1 Å². The quantitative estimate of drug-likeness (QED) is 0.612. The summed E-state index contributed by atoms with van der Waals surface area (Å²) in [6, 6.07) is 4.23. The van der Waals surface area contributed by atoms with Crippen molar-refractivity contribution in [3.8, 4) is 0 Å². The lowest BCUT2D eigenvalue weighted by Crippen LogP contribution is -2.25. The summed E-state index contributed by atoms with van der Waals surface area (Å²) in [6.45, 7) is 0.579. The van der Waals surface area contributed by atoms with Crippen LogP contribution in [-0.2, 0) is 0 Å². The number of amides is 1. The molecule has 0 radical (unpaired) electrons. The van der Waals surface area contributed by atoms with Crippen molar-refractivity contribution in [1.29, 1.82) is 0 Å². The van der Waals surface area contributed by atoms with Gasteiger partial charge < -0.3 is 11.1 Å². The molecule has 3 N–H and O–H groups in total. The van der Waals surface area contributed by atoms with E-state index in [2.05, 4.69) is 5.32 Å². The minimum atomic E-state index is -0.559. The number of carbonyl (C=O) groups excluding carboxylic acids is 1. The summed E-state index contributed by atoms with van der Waals surface area (Å²) in [5.74, 6) is 0.105. The zero-order chi connectivity index (χ0) is 12.0. The summed E-state index contributed by atoms with van der Waals surface area (Å²) < 4.78 is 13.1. The maximum atomic E-state index is 13.1. The summed E-state index contributed by atoms with van der Waals surface area (Å²) in [6.07, 6.45) is 2.90. The third-order valence-electron chi connectivity index (χ3n) is 2.11. The molecule has 0 saturated heterocycles. The second-order valence-corrected chi connectivity index (χ2v) is 4.29. The van der Waals surface area contributed by atoms with Gasteiger partial charge >= 0.3 is 0 Å². The fourth-order valence-electron chi connectivity index (χ4n) is 1.25. The van der Waals surface area contributed by atoms with Crippen LogP contribution in [0.15, 0.2) is 18.2 Å². The zero-order valence-electron chi connectivity index (χ0n) is 9.13. The predicted molar refractivity (Wildman–Crippen MR) is 66.1 cm³/mol. The SMILES string of the molecule is CSCCCNC(=O)c1cccc(F)c1N. The van der Waals surface area contributed by atoms with E-state index in [1.54, 1.807) is 11.8 Å². The molecule has 0 saturated carbocycles. The normalized spacial score (nSPS) is 10.1. The molecule has 0 aliphatic heterocycles.